The van der Waals surface area contributed by atoms with E-state index >= 15 is 0 Å². The van der Waals surface area contributed by atoms with Crippen LogP contribution in [0, 0.1) is 0 Å². The normalized spacial score (nSPS) is 11.9. The molecule has 0 heterocycles. The van der Waals surface area contributed by atoms with E-state index in [2.05, 4.69) is 5.32 Å². The lowest BCUT2D eigenvalue weighted by atomic mass is 10.3. The number of nitrogens with one attached hydrogen (secondary N) is 1. The fourth-order valence-electron chi connectivity index (χ4n) is 1.75. The molecule has 1 aromatic rings. The first-order valence-electron chi connectivity index (χ1n) is 6.53. The van der Waals surface area contributed by atoms with E-state index in [0.29, 0.717) is 5.69 Å². The van der Waals surface area contributed by atoms with Crippen LogP contribution < -0.4 is 11.1 Å². The van der Waals surface area contributed by atoms with Crippen LogP contribution in [-0.2, 0) is 14.8 Å². The summed E-state index contributed by atoms with van der Waals surface area (Å²) in [5, 5.41) is 2.73. The van der Waals surface area contributed by atoms with Gasteiger partial charge in [-0.15, -0.1) is 0 Å². The standard InChI is InChI=1S/C13H20ClN3O3S/c1-4-17(8-13(18)16-9(2)3)21(19,20)12-7-10(15)5-6-11(12)14/h5-7,9H,4,8,15H2,1-3H3,(H,16,18). The van der Waals surface area contributed by atoms with Gasteiger partial charge >= 0.3 is 0 Å². The molecule has 1 aromatic carbocycles. The van der Waals surface area contributed by atoms with E-state index in [-0.39, 0.29) is 35.0 Å². The zero-order valence-electron chi connectivity index (χ0n) is 12.3. The third-order valence-corrected chi connectivity index (χ3v) is 5.10. The van der Waals surface area contributed by atoms with Gasteiger partial charge in [0.15, 0.2) is 0 Å². The van der Waals surface area contributed by atoms with Gasteiger partial charge in [0.1, 0.15) is 4.90 Å². The molecular formula is C13H20ClN3O3S. The van der Waals surface area contributed by atoms with Crippen LogP contribution in [0.4, 0.5) is 5.69 Å². The second-order valence-electron chi connectivity index (χ2n) is 4.84. The summed E-state index contributed by atoms with van der Waals surface area (Å²) in [7, 11) is -3.87. The molecule has 0 aliphatic carbocycles. The van der Waals surface area contributed by atoms with Crippen molar-refractivity contribution in [2.45, 2.75) is 31.7 Å². The van der Waals surface area contributed by atoms with Gasteiger partial charge < -0.3 is 11.1 Å². The first kappa shape index (κ1) is 17.7. The highest BCUT2D eigenvalue weighted by atomic mass is 35.5. The topological polar surface area (TPSA) is 92.5 Å². The second kappa shape index (κ2) is 7.11. The van der Waals surface area contributed by atoms with E-state index < -0.39 is 10.0 Å². The van der Waals surface area contributed by atoms with E-state index in [1.807, 2.05) is 0 Å². The average Bonchev–Trinajstić information content (AvgIpc) is 2.37. The Hall–Kier alpha value is -1.31. The van der Waals surface area contributed by atoms with E-state index in [0.717, 1.165) is 4.31 Å². The molecular weight excluding hydrogens is 314 g/mol. The summed E-state index contributed by atoms with van der Waals surface area (Å²) in [5.74, 6) is -0.365. The molecule has 0 radical (unpaired) electrons. The molecule has 3 N–H and O–H groups in total. The van der Waals surface area contributed by atoms with Gasteiger partial charge in [0.25, 0.3) is 0 Å². The van der Waals surface area contributed by atoms with Gasteiger partial charge in [0.05, 0.1) is 11.6 Å². The van der Waals surface area contributed by atoms with Crippen LogP contribution in [0.1, 0.15) is 20.8 Å². The molecule has 0 fully saturated rings. The molecule has 0 aromatic heterocycles. The summed E-state index contributed by atoms with van der Waals surface area (Å²) >= 11 is 5.94. The number of carbonyl (C=O) groups is 1. The van der Waals surface area contributed by atoms with Crippen molar-refractivity contribution in [1.82, 2.24) is 9.62 Å². The predicted octanol–water partition coefficient (Wildman–Crippen LogP) is 1.46. The van der Waals surface area contributed by atoms with Crippen LogP contribution in [0.3, 0.4) is 0 Å². The average molecular weight is 334 g/mol. The number of carbonyl (C=O) groups excluding carboxylic acids is 1. The number of likely N-dealkylation sites (N-methyl/N-ethyl adjacent to an activating group) is 1. The zero-order chi connectivity index (χ0) is 16.2. The van der Waals surface area contributed by atoms with Crippen molar-refractivity contribution < 1.29 is 13.2 Å². The molecule has 1 amide bonds. The highest BCUT2D eigenvalue weighted by Crippen LogP contribution is 2.26. The van der Waals surface area contributed by atoms with Crippen molar-refractivity contribution in [3.8, 4) is 0 Å². The molecule has 1 rings (SSSR count). The second-order valence-corrected chi connectivity index (χ2v) is 7.16. The Morgan fingerprint density at radius 1 is 1.43 bits per heavy atom. The lowest BCUT2D eigenvalue weighted by Crippen LogP contribution is -2.42. The van der Waals surface area contributed by atoms with Gasteiger partial charge in [-0.3, -0.25) is 4.79 Å². The number of hydrogen-bond donors (Lipinski definition) is 2. The minimum atomic E-state index is -3.87. The molecule has 6 nitrogen and oxygen atoms in total. The number of sulfonamides is 1. The van der Waals surface area contributed by atoms with Crippen LogP contribution in [0.25, 0.3) is 0 Å². The molecule has 8 heteroatoms. The molecule has 118 valence electrons. The van der Waals surface area contributed by atoms with E-state index in [1.54, 1.807) is 20.8 Å². The quantitative estimate of drug-likeness (QED) is 0.771. The van der Waals surface area contributed by atoms with Crippen molar-refractivity contribution in [2.75, 3.05) is 18.8 Å². The van der Waals surface area contributed by atoms with Crippen molar-refractivity contribution >= 4 is 33.2 Å². The van der Waals surface area contributed by atoms with Crippen LogP contribution >= 0.6 is 11.6 Å². The molecule has 0 bridgehead atoms. The van der Waals surface area contributed by atoms with E-state index in [1.165, 1.54) is 18.2 Å². The number of halogens is 1. The minimum absolute atomic E-state index is 0.0603. The first-order valence-corrected chi connectivity index (χ1v) is 8.34. The Labute approximate surface area is 130 Å². The number of amides is 1. The Bertz CT molecular complexity index is 617. The van der Waals surface area contributed by atoms with Gasteiger partial charge in [-0.2, -0.15) is 4.31 Å². The summed E-state index contributed by atoms with van der Waals surface area (Å²) in [6.45, 7) is 5.15. The number of rotatable bonds is 6. The minimum Gasteiger partial charge on any atom is -0.399 e. The summed E-state index contributed by atoms with van der Waals surface area (Å²) in [6, 6.07) is 4.17. The van der Waals surface area contributed by atoms with Crippen molar-refractivity contribution in [3.63, 3.8) is 0 Å². The summed E-state index contributed by atoms with van der Waals surface area (Å²) in [5.41, 5.74) is 5.90. The van der Waals surface area contributed by atoms with Crippen LogP contribution in [-0.4, -0.2) is 37.8 Å². The lowest BCUT2D eigenvalue weighted by molar-refractivity contribution is -0.121. The molecule has 0 saturated carbocycles. The molecule has 0 saturated heterocycles. The smallest absolute Gasteiger partial charge is 0.245 e. The molecule has 0 unspecified atom stereocenters. The van der Waals surface area contributed by atoms with Crippen LogP contribution in [0.5, 0.6) is 0 Å². The number of nitrogens with zero attached hydrogens (tertiary/aromatic N) is 1. The van der Waals surface area contributed by atoms with Gasteiger partial charge in [-0.25, -0.2) is 8.42 Å². The number of nitrogen functional groups attached to an aromatic ring is 1. The van der Waals surface area contributed by atoms with Crippen LogP contribution in [0.15, 0.2) is 23.1 Å². The number of nitrogens with two attached hydrogens (primary N) is 1. The highest BCUT2D eigenvalue weighted by Gasteiger charge is 2.27. The van der Waals surface area contributed by atoms with Gasteiger partial charge in [0, 0.05) is 18.3 Å². The number of benzene rings is 1. The third-order valence-electron chi connectivity index (χ3n) is 2.70. The maximum Gasteiger partial charge on any atom is 0.245 e. The summed E-state index contributed by atoms with van der Waals surface area (Å²) in [4.78, 5) is 11.7. The van der Waals surface area contributed by atoms with Crippen molar-refractivity contribution in [2.24, 2.45) is 0 Å². The predicted molar refractivity (Wildman–Crippen MR) is 83.6 cm³/mol. The Kier molecular flexibility index (Phi) is 6.00. The summed E-state index contributed by atoms with van der Waals surface area (Å²) < 4.78 is 26.2. The molecule has 0 aliphatic heterocycles. The summed E-state index contributed by atoms with van der Waals surface area (Å²) in [6.07, 6.45) is 0. The fraction of sp³-hybridized carbons (Fsp3) is 0.462. The lowest BCUT2D eigenvalue weighted by Gasteiger charge is -2.21. The van der Waals surface area contributed by atoms with Gasteiger partial charge in [0.2, 0.25) is 15.9 Å². The Balaban J connectivity index is 3.08. The number of anilines is 1. The SMILES string of the molecule is CCN(CC(=O)NC(C)C)S(=O)(=O)c1cc(N)ccc1Cl. The van der Waals surface area contributed by atoms with Gasteiger partial charge in [-0.1, -0.05) is 18.5 Å². The maximum absolute atomic E-state index is 12.6. The van der Waals surface area contributed by atoms with Crippen molar-refractivity contribution in [1.29, 1.82) is 0 Å². The Morgan fingerprint density at radius 2 is 2.05 bits per heavy atom. The monoisotopic (exact) mass is 333 g/mol. The Morgan fingerprint density at radius 3 is 2.57 bits per heavy atom. The molecule has 0 spiro atoms. The molecule has 0 aliphatic rings. The van der Waals surface area contributed by atoms with E-state index in [4.69, 9.17) is 17.3 Å². The molecule has 0 atom stereocenters. The fourth-order valence-corrected chi connectivity index (χ4v) is 3.67. The maximum atomic E-state index is 12.6. The largest absolute Gasteiger partial charge is 0.399 e. The third kappa shape index (κ3) is 4.59. The molecule has 21 heavy (non-hydrogen) atoms. The zero-order valence-corrected chi connectivity index (χ0v) is 13.8. The van der Waals surface area contributed by atoms with Crippen molar-refractivity contribution in [3.05, 3.63) is 23.2 Å². The highest BCUT2D eigenvalue weighted by molar-refractivity contribution is 7.89. The van der Waals surface area contributed by atoms with E-state index in [9.17, 15) is 13.2 Å². The first-order chi connectivity index (χ1) is 9.68. The van der Waals surface area contributed by atoms with Crippen LogP contribution in [0.2, 0.25) is 5.02 Å². The van der Waals surface area contributed by atoms with Gasteiger partial charge in [-0.05, 0) is 32.0 Å². The number of hydrogen-bond acceptors (Lipinski definition) is 4.